The van der Waals surface area contributed by atoms with Gasteiger partial charge in [-0.1, -0.05) is 24.3 Å². The average molecular weight is 436 g/mol. The fraction of sp³-hybridized carbons (Fsp3) is 0.250. The number of hydrogen-bond donors (Lipinski definition) is 0. The van der Waals surface area contributed by atoms with Crippen molar-refractivity contribution in [3.8, 4) is 0 Å². The summed E-state index contributed by atoms with van der Waals surface area (Å²) in [7, 11) is -8.61. The van der Waals surface area contributed by atoms with Crippen LogP contribution in [-0.4, -0.2) is 25.9 Å². The summed E-state index contributed by atoms with van der Waals surface area (Å²) in [6.45, 7) is 6.79. The van der Waals surface area contributed by atoms with Gasteiger partial charge in [0.2, 0.25) is 0 Å². The molecule has 0 saturated carbocycles. The SMILES string of the molecule is Cc1cccc(S(=O)(=O)[O-])c1C.Cc1cccc(S(=O)(=O)[O-])c1C.[Zn+2]. The van der Waals surface area contributed by atoms with Crippen LogP contribution in [0.5, 0.6) is 0 Å². The van der Waals surface area contributed by atoms with E-state index in [0.717, 1.165) is 11.1 Å². The van der Waals surface area contributed by atoms with E-state index in [2.05, 4.69) is 0 Å². The van der Waals surface area contributed by atoms with Crippen molar-refractivity contribution in [1.29, 1.82) is 0 Å². The fourth-order valence-electron chi connectivity index (χ4n) is 1.99. The summed E-state index contributed by atoms with van der Waals surface area (Å²) in [6, 6.07) is 9.31. The van der Waals surface area contributed by atoms with Gasteiger partial charge in [0.15, 0.2) is 0 Å². The summed E-state index contributed by atoms with van der Waals surface area (Å²) >= 11 is 0. The van der Waals surface area contributed by atoms with Crippen molar-refractivity contribution in [1.82, 2.24) is 0 Å². The van der Waals surface area contributed by atoms with Crippen molar-refractivity contribution >= 4 is 20.2 Å². The Morgan fingerprint density at radius 3 is 1.12 bits per heavy atom. The standard InChI is InChI=1S/2C8H10O3S.Zn/c2*1-6-4-3-5-8(7(6)2)12(9,10)11;/h2*3-5H,1-2H3,(H,9,10,11);/q;;+2/p-2. The molecular formula is C16H18O6S2Zn. The first-order chi connectivity index (χ1) is 10.9. The normalized spacial score (nSPS) is 11.1. The van der Waals surface area contributed by atoms with Gasteiger partial charge in [-0.2, -0.15) is 0 Å². The molecule has 0 spiro atoms. The smallest absolute Gasteiger partial charge is 0.744 e. The topological polar surface area (TPSA) is 114 Å². The van der Waals surface area contributed by atoms with Gasteiger partial charge in [0, 0.05) is 0 Å². The van der Waals surface area contributed by atoms with Crippen molar-refractivity contribution < 1.29 is 45.4 Å². The van der Waals surface area contributed by atoms with E-state index in [4.69, 9.17) is 0 Å². The number of hydrogen-bond acceptors (Lipinski definition) is 6. The second kappa shape index (κ2) is 9.01. The molecule has 0 aliphatic heterocycles. The summed E-state index contributed by atoms with van der Waals surface area (Å²) in [5.74, 6) is 0. The number of benzene rings is 2. The molecule has 9 heteroatoms. The quantitative estimate of drug-likeness (QED) is 0.528. The summed E-state index contributed by atoms with van der Waals surface area (Å²) in [5.41, 5.74) is 2.69. The zero-order valence-electron chi connectivity index (χ0n) is 14.4. The van der Waals surface area contributed by atoms with Crippen molar-refractivity contribution in [3.05, 3.63) is 58.7 Å². The van der Waals surface area contributed by atoms with E-state index in [0.29, 0.717) is 11.1 Å². The zero-order chi connectivity index (χ0) is 18.7. The van der Waals surface area contributed by atoms with Gasteiger partial charge in [0.25, 0.3) is 0 Å². The van der Waals surface area contributed by atoms with E-state index in [1.165, 1.54) is 12.1 Å². The Kier molecular flexibility index (Phi) is 8.60. The van der Waals surface area contributed by atoms with Crippen LogP contribution in [0, 0.1) is 27.7 Å². The molecule has 6 nitrogen and oxygen atoms in total. The monoisotopic (exact) mass is 434 g/mol. The van der Waals surface area contributed by atoms with E-state index in [1.54, 1.807) is 52.0 Å². The van der Waals surface area contributed by atoms with Crippen molar-refractivity contribution in [3.63, 3.8) is 0 Å². The van der Waals surface area contributed by atoms with Gasteiger partial charge in [-0.15, -0.1) is 0 Å². The first-order valence-electron chi connectivity index (χ1n) is 6.90. The van der Waals surface area contributed by atoms with Crippen molar-refractivity contribution in [2.75, 3.05) is 0 Å². The van der Waals surface area contributed by atoms with Gasteiger partial charge in [0.05, 0.1) is 9.79 Å². The molecule has 0 N–H and O–H groups in total. The molecule has 0 aliphatic carbocycles. The Labute approximate surface area is 161 Å². The molecule has 2 aromatic rings. The molecule has 132 valence electrons. The molecule has 0 aliphatic rings. The van der Waals surface area contributed by atoms with Gasteiger partial charge in [0.1, 0.15) is 20.2 Å². The van der Waals surface area contributed by atoms with E-state index in [-0.39, 0.29) is 29.3 Å². The maximum absolute atomic E-state index is 10.7. The third-order valence-electron chi connectivity index (χ3n) is 3.65. The minimum absolute atomic E-state index is 0. The third kappa shape index (κ3) is 6.60. The molecule has 0 atom stereocenters. The minimum atomic E-state index is -4.31. The number of rotatable bonds is 2. The maximum Gasteiger partial charge on any atom is 2.00 e. The molecule has 2 rings (SSSR count). The van der Waals surface area contributed by atoms with E-state index >= 15 is 0 Å². The Balaban J connectivity index is 0.000000443. The molecule has 0 saturated heterocycles. The molecule has 0 fully saturated rings. The van der Waals surface area contributed by atoms with Crippen molar-refractivity contribution in [2.24, 2.45) is 0 Å². The fourth-order valence-corrected chi connectivity index (χ4v) is 3.55. The van der Waals surface area contributed by atoms with Crippen LogP contribution in [-0.2, 0) is 39.7 Å². The molecule has 0 bridgehead atoms. The molecule has 0 radical (unpaired) electrons. The molecule has 0 aromatic heterocycles. The molecule has 0 heterocycles. The van der Waals surface area contributed by atoms with Gasteiger partial charge in [-0.3, -0.25) is 0 Å². The largest absolute Gasteiger partial charge is 2.00 e. The van der Waals surface area contributed by atoms with Crippen LogP contribution in [0.4, 0.5) is 0 Å². The third-order valence-corrected chi connectivity index (χ3v) is 5.61. The predicted octanol–water partition coefficient (Wildman–Crippen LogP) is 2.41. The maximum atomic E-state index is 10.7. The molecule has 0 unspecified atom stereocenters. The second-order valence-electron chi connectivity index (χ2n) is 5.30. The second-order valence-corrected chi connectivity index (χ2v) is 8.00. The summed E-state index contributed by atoms with van der Waals surface area (Å²) < 4.78 is 63.9. The van der Waals surface area contributed by atoms with Crippen LogP contribution in [0.25, 0.3) is 0 Å². The van der Waals surface area contributed by atoms with Gasteiger partial charge >= 0.3 is 19.5 Å². The van der Waals surface area contributed by atoms with Crippen LogP contribution in [0.1, 0.15) is 22.3 Å². The molecule has 2 aromatic carbocycles. The number of aryl methyl sites for hydroxylation is 2. The van der Waals surface area contributed by atoms with Crippen LogP contribution < -0.4 is 0 Å². The molecular weight excluding hydrogens is 418 g/mol. The van der Waals surface area contributed by atoms with Gasteiger partial charge in [-0.25, -0.2) is 16.8 Å². The minimum Gasteiger partial charge on any atom is -0.744 e. The van der Waals surface area contributed by atoms with E-state index in [9.17, 15) is 25.9 Å². The Morgan fingerprint density at radius 2 is 0.920 bits per heavy atom. The van der Waals surface area contributed by atoms with Crippen molar-refractivity contribution in [2.45, 2.75) is 37.5 Å². The van der Waals surface area contributed by atoms with Gasteiger partial charge < -0.3 is 9.11 Å². The van der Waals surface area contributed by atoms with E-state index in [1.807, 2.05) is 0 Å². The first-order valence-corrected chi connectivity index (χ1v) is 9.71. The Bertz CT molecular complexity index is 871. The van der Waals surface area contributed by atoms with Crippen LogP contribution in [0.2, 0.25) is 0 Å². The van der Waals surface area contributed by atoms with E-state index < -0.39 is 20.2 Å². The zero-order valence-corrected chi connectivity index (χ0v) is 19.0. The first kappa shape index (κ1) is 23.9. The summed E-state index contributed by atoms with van der Waals surface area (Å²) in [5, 5.41) is 0. The Hall–Kier alpha value is -1.12. The van der Waals surface area contributed by atoms with Crippen LogP contribution in [0.3, 0.4) is 0 Å². The van der Waals surface area contributed by atoms with Gasteiger partial charge in [-0.05, 0) is 62.1 Å². The average Bonchev–Trinajstić information content (AvgIpc) is 2.43. The molecule has 25 heavy (non-hydrogen) atoms. The van der Waals surface area contributed by atoms with Crippen LogP contribution >= 0.6 is 0 Å². The predicted molar refractivity (Wildman–Crippen MR) is 87.8 cm³/mol. The molecule has 0 amide bonds. The van der Waals surface area contributed by atoms with Crippen LogP contribution in [0.15, 0.2) is 46.2 Å². The summed E-state index contributed by atoms with van der Waals surface area (Å²) in [4.78, 5) is -0.245. The Morgan fingerprint density at radius 1 is 0.640 bits per heavy atom. The summed E-state index contributed by atoms with van der Waals surface area (Å²) in [6.07, 6.45) is 0.